The molecule has 0 saturated carbocycles. The highest BCUT2D eigenvalue weighted by atomic mass is 32.3. The Hall–Kier alpha value is -0.290. The highest BCUT2D eigenvalue weighted by molar-refractivity contribution is 7.85. The zero-order chi connectivity index (χ0) is 13.6. The van der Waals surface area contributed by atoms with Crippen molar-refractivity contribution in [1.29, 1.82) is 0 Å². The fourth-order valence-corrected chi connectivity index (χ4v) is 1.63. The second kappa shape index (κ2) is 6.45. The second-order valence-electron chi connectivity index (χ2n) is 3.13. The molecular formula is C6H16FNO6S2. The molecule has 0 radical (unpaired) electrons. The Morgan fingerprint density at radius 3 is 1.44 bits per heavy atom. The molecule has 0 aromatic carbocycles. The summed E-state index contributed by atoms with van der Waals surface area (Å²) in [5.41, 5.74) is 0. The first-order chi connectivity index (χ1) is 6.93. The van der Waals surface area contributed by atoms with Crippen molar-refractivity contribution in [3.8, 4) is 0 Å². The van der Waals surface area contributed by atoms with Crippen LogP contribution in [0.5, 0.6) is 0 Å². The van der Waals surface area contributed by atoms with Gasteiger partial charge in [0.2, 0.25) is 10.4 Å². The van der Waals surface area contributed by atoms with E-state index in [1.54, 1.807) is 7.05 Å². The van der Waals surface area contributed by atoms with Gasteiger partial charge < -0.3 is 4.55 Å². The normalized spacial score (nSPS) is 12.9. The van der Waals surface area contributed by atoms with Crippen LogP contribution < -0.4 is 0 Å². The second-order valence-corrected chi connectivity index (χ2v) is 6.42. The van der Waals surface area contributed by atoms with Crippen LogP contribution in [0.25, 0.3) is 0 Å². The lowest BCUT2D eigenvalue weighted by molar-refractivity contribution is -0.780. The maximum absolute atomic E-state index is 11.1. The van der Waals surface area contributed by atoms with Gasteiger partial charge in [-0.2, -0.15) is 8.42 Å². The Morgan fingerprint density at radius 1 is 1.19 bits per heavy atom. The van der Waals surface area contributed by atoms with Gasteiger partial charge in [-0.3, -0.25) is 0 Å². The third-order valence-corrected chi connectivity index (χ3v) is 4.49. The Kier molecular flexibility index (Phi) is 7.29. The highest BCUT2D eigenvalue weighted by Crippen LogP contribution is 2.07. The van der Waals surface area contributed by atoms with Crippen molar-refractivity contribution in [2.75, 3.05) is 26.4 Å². The summed E-state index contributed by atoms with van der Waals surface area (Å²) in [5.74, 6) is 0. The van der Waals surface area contributed by atoms with E-state index in [1.165, 1.54) is 6.26 Å². The van der Waals surface area contributed by atoms with Crippen molar-refractivity contribution in [1.82, 2.24) is 0 Å². The van der Waals surface area contributed by atoms with Crippen LogP contribution >= 0.6 is 0 Å². The van der Waals surface area contributed by atoms with Crippen LogP contribution in [0.2, 0.25) is 0 Å². The summed E-state index contributed by atoms with van der Waals surface area (Å²) in [6, 6.07) is 0. The first-order valence-electron chi connectivity index (χ1n) is 4.24. The molecule has 7 nitrogen and oxygen atoms in total. The SMILES string of the molecule is CC[N+](C)(CC)S(C)(=O)=O.O=S(=O)([O-])OF. The minimum Gasteiger partial charge on any atom is -0.724 e. The molecule has 10 heteroatoms. The average Bonchev–Trinajstić information content (AvgIpc) is 2.14. The molecule has 0 spiro atoms. The molecule has 0 bridgehead atoms. The first-order valence-corrected chi connectivity index (χ1v) is 7.42. The van der Waals surface area contributed by atoms with Gasteiger partial charge in [0.15, 0.2) is 0 Å². The summed E-state index contributed by atoms with van der Waals surface area (Å²) >= 11 is 0. The van der Waals surface area contributed by atoms with E-state index in [9.17, 15) is 12.9 Å². The zero-order valence-electron chi connectivity index (χ0n) is 9.51. The van der Waals surface area contributed by atoms with Crippen molar-refractivity contribution >= 4 is 20.4 Å². The molecule has 0 unspecified atom stereocenters. The molecule has 16 heavy (non-hydrogen) atoms. The molecule has 0 rings (SSSR count). The van der Waals surface area contributed by atoms with E-state index in [4.69, 9.17) is 13.0 Å². The largest absolute Gasteiger partial charge is 0.724 e. The summed E-state index contributed by atoms with van der Waals surface area (Å²) in [6.07, 6.45) is 1.28. The number of hydrogen-bond acceptors (Lipinski definition) is 6. The number of nitrogens with zero attached hydrogens (tertiary/aromatic N) is 1. The third kappa shape index (κ3) is 7.06. The molecule has 100 valence electrons. The van der Waals surface area contributed by atoms with Crippen molar-refractivity contribution in [2.24, 2.45) is 0 Å². The molecule has 0 N–H and O–H groups in total. The Labute approximate surface area is 95.3 Å². The summed E-state index contributed by atoms with van der Waals surface area (Å²) in [4.78, 5) is 0. The maximum atomic E-state index is 11.1. The summed E-state index contributed by atoms with van der Waals surface area (Å²) in [6.45, 7) is 5.03. The van der Waals surface area contributed by atoms with Gasteiger partial charge in [-0.1, -0.05) is 4.39 Å². The van der Waals surface area contributed by atoms with Crippen LogP contribution in [-0.4, -0.2) is 51.7 Å². The average molecular weight is 281 g/mol. The van der Waals surface area contributed by atoms with Crippen LogP contribution in [-0.2, 0) is 24.8 Å². The smallest absolute Gasteiger partial charge is 0.294 e. The fraction of sp³-hybridized carbons (Fsp3) is 1.00. The van der Waals surface area contributed by atoms with E-state index in [1.807, 2.05) is 18.2 Å². The van der Waals surface area contributed by atoms with E-state index >= 15 is 0 Å². The quantitative estimate of drug-likeness (QED) is 0.401. The molecule has 0 aliphatic heterocycles. The lowest BCUT2D eigenvalue weighted by Gasteiger charge is -2.28. The third-order valence-electron chi connectivity index (χ3n) is 2.22. The van der Waals surface area contributed by atoms with Crippen molar-refractivity contribution in [3.05, 3.63) is 0 Å². The van der Waals surface area contributed by atoms with E-state index in [-0.39, 0.29) is 3.89 Å². The predicted octanol–water partition coefficient (Wildman–Crippen LogP) is -0.220. The first kappa shape index (κ1) is 18.1. The topological polar surface area (TPSA) is 101 Å². The Balaban J connectivity index is 0. The number of hydrogen-bond donors (Lipinski definition) is 0. The number of quaternary nitrogens is 1. The predicted molar refractivity (Wildman–Crippen MR) is 54.0 cm³/mol. The van der Waals surface area contributed by atoms with Gasteiger partial charge in [0.05, 0.1) is 26.4 Å². The van der Waals surface area contributed by atoms with Gasteiger partial charge in [-0.05, 0) is 18.4 Å². The Bertz CT molecular complexity index is 385. The van der Waals surface area contributed by atoms with Crippen molar-refractivity contribution < 1.29 is 34.2 Å². The number of rotatable bonds is 4. The van der Waals surface area contributed by atoms with Crippen LogP contribution in [0.1, 0.15) is 13.8 Å². The van der Waals surface area contributed by atoms with Crippen molar-refractivity contribution in [2.45, 2.75) is 13.8 Å². The minimum absolute atomic E-state index is 0.132. The minimum atomic E-state index is -5.08. The number of halogens is 1. The molecule has 0 aliphatic carbocycles. The van der Waals surface area contributed by atoms with Gasteiger partial charge >= 0.3 is 0 Å². The highest BCUT2D eigenvalue weighted by Gasteiger charge is 2.28. The molecule has 0 aromatic rings. The lowest BCUT2D eigenvalue weighted by Crippen LogP contribution is -2.47. The van der Waals surface area contributed by atoms with Gasteiger partial charge in [0.25, 0.3) is 10.0 Å². The van der Waals surface area contributed by atoms with Crippen LogP contribution in [0, 0.1) is 0 Å². The van der Waals surface area contributed by atoms with Gasteiger partial charge in [-0.25, -0.2) is 12.3 Å². The molecule has 0 atom stereocenters. The molecule has 0 amide bonds. The number of sulfonamides is 1. The van der Waals surface area contributed by atoms with E-state index < -0.39 is 20.4 Å². The molecule has 0 fully saturated rings. The molecule has 0 heterocycles. The van der Waals surface area contributed by atoms with E-state index in [0.29, 0.717) is 13.1 Å². The summed E-state index contributed by atoms with van der Waals surface area (Å²) in [7, 11) is -6.27. The van der Waals surface area contributed by atoms with Crippen LogP contribution in [0.3, 0.4) is 0 Å². The Morgan fingerprint density at radius 2 is 1.44 bits per heavy atom. The molecule has 0 saturated heterocycles. The van der Waals surface area contributed by atoms with Crippen molar-refractivity contribution in [3.63, 3.8) is 0 Å². The van der Waals surface area contributed by atoms with Crippen LogP contribution in [0.4, 0.5) is 4.53 Å². The lowest BCUT2D eigenvalue weighted by atomic mass is 10.6. The van der Waals surface area contributed by atoms with E-state index in [2.05, 4.69) is 0 Å². The van der Waals surface area contributed by atoms with Crippen LogP contribution in [0.15, 0.2) is 0 Å². The molecular weight excluding hydrogens is 265 g/mol. The zero-order valence-corrected chi connectivity index (χ0v) is 11.1. The summed E-state index contributed by atoms with van der Waals surface area (Å²) in [5, 5.41) is 0. The van der Waals surface area contributed by atoms with Gasteiger partial charge in [0, 0.05) is 0 Å². The molecule has 0 aliphatic rings. The fourth-order valence-electron chi connectivity index (χ4n) is 0.693. The molecule has 0 aromatic heterocycles. The van der Waals surface area contributed by atoms with Gasteiger partial charge in [0.1, 0.15) is 0 Å². The van der Waals surface area contributed by atoms with E-state index in [0.717, 1.165) is 0 Å². The maximum Gasteiger partial charge on any atom is 0.294 e. The van der Waals surface area contributed by atoms with Gasteiger partial charge in [-0.15, -0.1) is 0 Å². The monoisotopic (exact) mass is 281 g/mol. The standard InChI is InChI=1S/C6H16NO2S.FHO4S/c1-5-7(3,6-2)10(4,8)9;1-5-6(2,3)4/h5-6H2,1-4H3;(H,2,3,4)/q+1;/p-1. The summed E-state index contributed by atoms with van der Waals surface area (Å²) < 4.78 is 60.8.